The Hall–Kier alpha value is -1.24. The maximum Gasteiger partial charge on any atom is 0.416 e. The first-order valence-corrected chi connectivity index (χ1v) is 6.11. The normalized spacial score (nSPS) is 13.5. The van der Waals surface area contributed by atoms with Crippen LogP contribution in [0.5, 0.6) is 0 Å². The van der Waals surface area contributed by atoms with E-state index in [1.54, 1.807) is 0 Å². The van der Waals surface area contributed by atoms with Gasteiger partial charge in [-0.25, -0.2) is 0 Å². The third kappa shape index (κ3) is 5.81. The highest BCUT2D eigenvalue weighted by atomic mass is 35.5. The number of nitrogens with one attached hydrogen (secondary N) is 1. The van der Waals surface area contributed by atoms with Gasteiger partial charge in [-0.05, 0) is 29.8 Å². The zero-order valence-electron chi connectivity index (χ0n) is 9.92. The molecule has 0 aliphatic heterocycles. The van der Waals surface area contributed by atoms with Crippen LogP contribution in [0.25, 0.3) is 6.08 Å². The molecular formula is C12H10Cl2F3NO2. The molecule has 2 N–H and O–H groups in total. The number of carbonyl (C=O) groups excluding carboxylic acids is 1. The molecule has 0 spiro atoms. The van der Waals surface area contributed by atoms with E-state index in [0.29, 0.717) is 15.6 Å². The molecule has 20 heavy (non-hydrogen) atoms. The van der Waals surface area contributed by atoms with Gasteiger partial charge in [-0.2, -0.15) is 13.2 Å². The topological polar surface area (TPSA) is 49.3 Å². The molecule has 0 fully saturated rings. The highest BCUT2D eigenvalue weighted by molar-refractivity contribution is 6.34. The van der Waals surface area contributed by atoms with E-state index in [-0.39, 0.29) is 0 Å². The van der Waals surface area contributed by atoms with Crippen molar-refractivity contribution in [2.24, 2.45) is 0 Å². The van der Waals surface area contributed by atoms with E-state index in [2.05, 4.69) is 0 Å². The number of aliphatic hydroxyl groups excluding tert-OH is 1. The summed E-state index contributed by atoms with van der Waals surface area (Å²) in [5, 5.41) is 11.4. The summed E-state index contributed by atoms with van der Waals surface area (Å²) in [6.45, 7) is -0.914. The van der Waals surface area contributed by atoms with Gasteiger partial charge in [-0.15, -0.1) is 0 Å². The van der Waals surface area contributed by atoms with Gasteiger partial charge in [-0.3, -0.25) is 4.79 Å². The van der Waals surface area contributed by atoms with Crippen LogP contribution in [0.1, 0.15) is 5.56 Å². The molecule has 0 aliphatic rings. The van der Waals surface area contributed by atoms with Gasteiger partial charge in [0.05, 0.1) is 6.54 Å². The Morgan fingerprint density at radius 3 is 2.35 bits per heavy atom. The summed E-state index contributed by atoms with van der Waals surface area (Å²) < 4.78 is 36.0. The molecule has 3 nitrogen and oxygen atoms in total. The lowest BCUT2D eigenvalue weighted by Crippen LogP contribution is -2.40. The lowest BCUT2D eigenvalue weighted by molar-refractivity contribution is -0.201. The SMILES string of the molecule is O=C(/C=C/c1cc(Cl)cc(Cl)c1)NCC(O)C(F)(F)F. The van der Waals surface area contributed by atoms with Crippen LogP contribution in [0.3, 0.4) is 0 Å². The minimum Gasteiger partial charge on any atom is -0.382 e. The first-order valence-electron chi connectivity index (χ1n) is 5.35. The highest BCUT2D eigenvalue weighted by Gasteiger charge is 2.37. The van der Waals surface area contributed by atoms with Gasteiger partial charge < -0.3 is 10.4 Å². The van der Waals surface area contributed by atoms with E-state index in [1.165, 1.54) is 24.3 Å². The number of amides is 1. The third-order valence-corrected chi connectivity index (χ3v) is 2.60. The van der Waals surface area contributed by atoms with Crippen LogP contribution in [0.4, 0.5) is 13.2 Å². The maximum absolute atomic E-state index is 12.0. The van der Waals surface area contributed by atoms with Gasteiger partial charge in [0.15, 0.2) is 6.10 Å². The Bertz CT molecular complexity index is 498. The van der Waals surface area contributed by atoms with Crippen molar-refractivity contribution in [3.63, 3.8) is 0 Å². The van der Waals surface area contributed by atoms with Crippen LogP contribution in [0, 0.1) is 0 Å². The fourth-order valence-electron chi connectivity index (χ4n) is 1.22. The number of rotatable bonds is 4. The second kappa shape index (κ2) is 6.97. The van der Waals surface area contributed by atoms with Crippen LogP contribution in [-0.4, -0.2) is 29.8 Å². The molecule has 0 radical (unpaired) electrons. The standard InChI is InChI=1S/C12H10Cl2F3NO2/c13-8-3-7(4-9(14)5-8)1-2-11(20)18-6-10(19)12(15,16)17/h1-5,10,19H,6H2,(H,18,20)/b2-1+. The first-order chi connectivity index (χ1) is 9.18. The minimum atomic E-state index is -4.77. The molecule has 110 valence electrons. The van der Waals surface area contributed by atoms with Gasteiger partial charge in [0.1, 0.15) is 0 Å². The molecule has 1 aromatic carbocycles. The lowest BCUT2D eigenvalue weighted by Gasteiger charge is -2.14. The van der Waals surface area contributed by atoms with Gasteiger partial charge in [0.2, 0.25) is 5.91 Å². The summed E-state index contributed by atoms with van der Waals surface area (Å²) in [7, 11) is 0. The predicted molar refractivity (Wildman–Crippen MR) is 70.6 cm³/mol. The van der Waals surface area contributed by atoms with Crippen LogP contribution < -0.4 is 5.32 Å². The smallest absolute Gasteiger partial charge is 0.382 e. The zero-order chi connectivity index (χ0) is 15.3. The Kier molecular flexibility index (Phi) is 5.86. The summed E-state index contributed by atoms with van der Waals surface area (Å²) in [6, 6.07) is 4.56. The number of alkyl halides is 3. The maximum atomic E-state index is 12.0. The van der Waals surface area contributed by atoms with Crippen molar-refractivity contribution in [1.82, 2.24) is 5.32 Å². The Morgan fingerprint density at radius 1 is 1.30 bits per heavy atom. The third-order valence-electron chi connectivity index (χ3n) is 2.16. The molecule has 1 atom stereocenters. The van der Waals surface area contributed by atoms with Crippen LogP contribution in [0.2, 0.25) is 10.0 Å². The molecule has 0 aliphatic carbocycles. The zero-order valence-corrected chi connectivity index (χ0v) is 11.4. The second-order valence-corrected chi connectivity index (χ2v) is 4.71. The molecule has 0 bridgehead atoms. The van der Waals surface area contributed by atoms with Crippen molar-refractivity contribution >= 4 is 35.2 Å². The first kappa shape index (κ1) is 16.8. The van der Waals surface area contributed by atoms with Gasteiger partial charge in [0, 0.05) is 16.1 Å². The monoisotopic (exact) mass is 327 g/mol. The van der Waals surface area contributed by atoms with Gasteiger partial charge in [-0.1, -0.05) is 23.2 Å². The fourth-order valence-corrected chi connectivity index (χ4v) is 1.76. The average Bonchev–Trinajstić information content (AvgIpc) is 2.31. The van der Waals surface area contributed by atoms with Crippen LogP contribution >= 0.6 is 23.2 Å². The molecule has 0 heterocycles. The fraction of sp³-hybridized carbons (Fsp3) is 0.250. The second-order valence-electron chi connectivity index (χ2n) is 3.84. The number of benzene rings is 1. The minimum absolute atomic E-state index is 0.366. The number of carbonyl (C=O) groups is 1. The average molecular weight is 328 g/mol. The Balaban J connectivity index is 2.56. The summed E-state index contributed by atoms with van der Waals surface area (Å²) >= 11 is 11.5. The molecule has 1 aromatic rings. The van der Waals surface area contributed by atoms with Crippen molar-refractivity contribution in [3.8, 4) is 0 Å². The number of hydrogen-bond acceptors (Lipinski definition) is 2. The summed E-state index contributed by atoms with van der Waals surface area (Å²) in [5.41, 5.74) is 0.522. The van der Waals surface area contributed by atoms with Crippen LogP contribution in [0.15, 0.2) is 24.3 Å². The van der Waals surface area contributed by atoms with Gasteiger partial charge >= 0.3 is 6.18 Å². The van der Waals surface area contributed by atoms with E-state index in [4.69, 9.17) is 28.3 Å². The van der Waals surface area contributed by atoms with E-state index in [0.717, 1.165) is 6.08 Å². The number of halogens is 5. The van der Waals surface area contributed by atoms with Crippen LogP contribution in [-0.2, 0) is 4.79 Å². The summed E-state index contributed by atoms with van der Waals surface area (Å²) in [6.07, 6.45) is -5.00. The molecule has 0 aromatic heterocycles. The van der Waals surface area contributed by atoms with Crippen molar-refractivity contribution in [1.29, 1.82) is 0 Å². The summed E-state index contributed by atoms with van der Waals surface area (Å²) in [5.74, 6) is -0.774. The number of hydrogen-bond donors (Lipinski definition) is 2. The molecule has 8 heteroatoms. The Labute approximate surface area is 123 Å². The molecule has 0 saturated heterocycles. The Morgan fingerprint density at radius 2 is 1.85 bits per heavy atom. The molecule has 1 unspecified atom stereocenters. The van der Waals surface area contributed by atoms with Crippen molar-refractivity contribution in [2.45, 2.75) is 12.3 Å². The molecular weight excluding hydrogens is 318 g/mol. The van der Waals surface area contributed by atoms with E-state index < -0.39 is 24.7 Å². The highest BCUT2D eigenvalue weighted by Crippen LogP contribution is 2.20. The van der Waals surface area contributed by atoms with E-state index in [1.807, 2.05) is 5.32 Å². The van der Waals surface area contributed by atoms with Gasteiger partial charge in [0.25, 0.3) is 0 Å². The van der Waals surface area contributed by atoms with Crippen molar-refractivity contribution in [3.05, 3.63) is 39.9 Å². The van der Waals surface area contributed by atoms with Crippen molar-refractivity contribution in [2.75, 3.05) is 6.54 Å². The molecule has 0 saturated carbocycles. The number of aliphatic hydroxyl groups is 1. The molecule has 1 amide bonds. The van der Waals surface area contributed by atoms with E-state index in [9.17, 15) is 18.0 Å². The lowest BCUT2D eigenvalue weighted by atomic mass is 10.2. The van der Waals surface area contributed by atoms with E-state index >= 15 is 0 Å². The largest absolute Gasteiger partial charge is 0.416 e. The predicted octanol–water partition coefficient (Wildman–Crippen LogP) is 3.05. The quantitative estimate of drug-likeness (QED) is 0.835. The van der Waals surface area contributed by atoms with Crippen molar-refractivity contribution < 1.29 is 23.1 Å². The molecule has 1 rings (SSSR count). The summed E-state index contributed by atoms with van der Waals surface area (Å²) in [4.78, 5) is 11.3.